The van der Waals surface area contributed by atoms with Crippen molar-refractivity contribution in [1.82, 2.24) is 9.80 Å². The number of aliphatic hydroxyl groups excluding tert-OH is 2. The van der Waals surface area contributed by atoms with E-state index in [1.165, 1.54) is 19.0 Å². The van der Waals surface area contributed by atoms with Gasteiger partial charge < -0.3 is 31.1 Å². The maximum atomic E-state index is 14.6. The van der Waals surface area contributed by atoms with Crippen molar-refractivity contribution in [2.45, 2.75) is 57.5 Å². The van der Waals surface area contributed by atoms with Crippen LogP contribution in [-0.4, -0.2) is 87.0 Å². The molecule has 230 valence electrons. The Morgan fingerprint density at radius 3 is 2.31 bits per heavy atom. The lowest BCUT2D eigenvalue weighted by Crippen LogP contribution is -2.65. The summed E-state index contributed by atoms with van der Waals surface area (Å²) in [5.74, 6) is -8.69. The van der Waals surface area contributed by atoms with E-state index in [1.807, 2.05) is 13.8 Å². The molecule has 0 heterocycles. The standard InChI is InChI=1S/C29H36F3N3O7/c1-12(2)6-7-35(5)11-14-10-17(36)19-15(21(14)29(30,31)32)8-13-9-16-22(34(3)4)24(38)20(27(33)41)26(40)28(16,42)25(39)18(13)23(19)37/h10,12-13,16,22,36-37,40,42H,6-9,11H2,1-5H3,(H2,33,41)/t13-,16-,22-,28-/m0/s1. The second-order valence-electron chi connectivity index (χ2n) is 12.2. The third-order valence-corrected chi connectivity index (χ3v) is 8.62. The van der Waals surface area contributed by atoms with Crippen molar-refractivity contribution >= 4 is 23.2 Å². The van der Waals surface area contributed by atoms with Crippen LogP contribution in [0.4, 0.5) is 13.2 Å². The number of amides is 1. The van der Waals surface area contributed by atoms with Crippen LogP contribution < -0.4 is 5.73 Å². The number of hydrogen-bond acceptors (Lipinski definition) is 9. The summed E-state index contributed by atoms with van der Waals surface area (Å²) in [7, 11) is 4.54. The average Bonchev–Trinajstić information content (AvgIpc) is 2.83. The predicted molar refractivity (Wildman–Crippen MR) is 145 cm³/mol. The molecule has 4 rings (SSSR count). The number of fused-ring (bicyclic) bond motifs is 3. The number of hydrogen-bond donors (Lipinski definition) is 5. The van der Waals surface area contributed by atoms with Crippen molar-refractivity contribution in [2.75, 3.05) is 27.7 Å². The summed E-state index contributed by atoms with van der Waals surface area (Å²) in [5, 5.41) is 44.7. The SMILES string of the molecule is CC(C)CCN(C)Cc1cc(O)c2c(c1C(F)(F)F)C[C@H]1C[C@H]3[C@H](N(C)C)C(=O)C(C(N)=O)=C(O)[C@@]3(O)C(=O)C1=C2O. The van der Waals surface area contributed by atoms with E-state index in [4.69, 9.17) is 5.73 Å². The number of aromatic hydroxyl groups is 1. The second-order valence-corrected chi connectivity index (χ2v) is 12.2. The van der Waals surface area contributed by atoms with Gasteiger partial charge in [-0.05, 0) is 76.0 Å². The summed E-state index contributed by atoms with van der Waals surface area (Å²) in [5.41, 5.74) is -1.28. The second kappa shape index (κ2) is 10.7. The van der Waals surface area contributed by atoms with E-state index < -0.39 is 98.7 Å². The van der Waals surface area contributed by atoms with E-state index >= 15 is 0 Å². The topological polar surface area (TPSA) is 165 Å². The molecule has 10 nitrogen and oxygen atoms in total. The van der Waals surface area contributed by atoms with Crippen LogP contribution in [0.25, 0.3) is 5.76 Å². The number of rotatable bonds is 7. The number of halogens is 3. The molecule has 0 bridgehead atoms. The molecule has 1 amide bonds. The smallest absolute Gasteiger partial charge is 0.417 e. The lowest BCUT2D eigenvalue weighted by molar-refractivity contribution is -0.153. The molecule has 13 heteroatoms. The normalized spacial score (nSPS) is 26.2. The van der Waals surface area contributed by atoms with Gasteiger partial charge in [0.1, 0.15) is 22.8 Å². The Morgan fingerprint density at radius 1 is 1.17 bits per heavy atom. The number of primary amides is 1. The first-order chi connectivity index (χ1) is 19.3. The summed E-state index contributed by atoms with van der Waals surface area (Å²) in [6.45, 7) is 4.34. The number of phenols is 1. The Bertz CT molecular complexity index is 1420. The van der Waals surface area contributed by atoms with Crippen molar-refractivity contribution in [3.63, 3.8) is 0 Å². The molecule has 1 saturated carbocycles. The number of benzene rings is 1. The number of nitrogens with two attached hydrogens (primary N) is 1. The zero-order valence-corrected chi connectivity index (χ0v) is 24.0. The number of alkyl halides is 3. The van der Waals surface area contributed by atoms with E-state index in [0.717, 1.165) is 12.5 Å². The Morgan fingerprint density at radius 2 is 1.79 bits per heavy atom. The van der Waals surface area contributed by atoms with Gasteiger partial charge in [0.15, 0.2) is 11.4 Å². The van der Waals surface area contributed by atoms with Crippen molar-refractivity contribution < 1.29 is 48.0 Å². The summed E-state index contributed by atoms with van der Waals surface area (Å²) in [6.07, 6.45) is -4.89. The molecule has 3 aliphatic carbocycles. The fourth-order valence-corrected chi connectivity index (χ4v) is 6.71. The fraction of sp³-hybridized carbons (Fsp3) is 0.552. The molecule has 1 aromatic carbocycles. The minimum atomic E-state index is -4.88. The maximum Gasteiger partial charge on any atom is 0.417 e. The number of aliphatic hydroxyl groups is 3. The minimum absolute atomic E-state index is 0.141. The Balaban J connectivity index is 1.92. The Labute approximate surface area is 240 Å². The van der Waals surface area contributed by atoms with Crippen molar-refractivity contribution in [3.8, 4) is 5.75 Å². The first kappa shape index (κ1) is 31.5. The van der Waals surface area contributed by atoms with E-state index in [2.05, 4.69) is 0 Å². The molecule has 6 N–H and O–H groups in total. The van der Waals surface area contributed by atoms with Gasteiger partial charge in [0.25, 0.3) is 5.91 Å². The van der Waals surface area contributed by atoms with Crippen molar-refractivity contribution in [3.05, 3.63) is 45.2 Å². The van der Waals surface area contributed by atoms with Gasteiger partial charge in [0, 0.05) is 18.0 Å². The van der Waals surface area contributed by atoms with Gasteiger partial charge in [-0.25, -0.2) is 0 Å². The molecule has 0 radical (unpaired) electrons. The van der Waals surface area contributed by atoms with Gasteiger partial charge in [-0.3, -0.25) is 19.3 Å². The molecule has 3 aliphatic rings. The largest absolute Gasteiger partial charge is 0.508 e. The highest BCUT2D eigenvalue weighted by atomic mass is 19.4. The summed E-state index contributed by atoms with van der Waals surface area (Å²) < 4.78 is 43.9. The van der Waals surface area contributed by atoms with Crippen LogP contribution in [0, 0.1) is 17.8 Å². The zero-order valence-electron chi connectivity index (χ0n) is 24.0. The van der Waals surface area contributed by atoms with Crippen LogP contribution in [0.2, 0.25) is 0 Å². The highest BCUT2D eigenvalue weighted by molar-refractivity contribution is 6.24. The first-order valence-electron chi connectivity index (χ1n) is 13.6. The third-order valence-electron chi connectivity index (χ3n) is 8.62. The van der Waals surface area contributed by atoms with E-state index in [1.54, 1.807) is 11.9 Å². The molecule has 4 atom stereocenters. The van der Waals surface area contributed by atoms with E-state index in [0.29, 0.717) is 12.5 Å². The first-order valence-corrected chi connectivity index (χ1v) is 13.6. The van der Waals surface area contributed by atoms with Crippen LogP contribution in [0.1, 0.15) is 48.9 Å². The molecule has 42 heavy (non-hydrogen) atoms. The van der Waals surface area contributed by atoms with Crippen molar-refractivity contribution in [2.24, 2.45) is 23.5 Å². The fourth-order valence-electron chi connectivity index (χ4n) is 6.71. The highest BCUT2D eigenvalue weighted by Crippen LogP contribution is 2.54. The van der Waals surface area contributed by atoms with Crippen LogP contribution >= 0.6 is 0 Å². The number of nitrogens with zero attached hydrogens (tertiary/aromatic N) is 2. The van der Waals surface area contributed by atoms with Gasteiger partial charge in [-0.1, -0.05) is 13.8 Å². The molecule has 0 spiro atoms. The summed E-state index contributed by atoms with van der Waals surface area (Å²) >= 11 is 0. The predicted octanol–water partition coefficient (Wildman–Crippen LogP) is 2.46. The lowest BCUT2D eigenvalue weighted by atomic mass is 9.57. The molecule has 0 saturated heterocycles. The molecular weight excluding hydrogens is 559 g/mol. The molecule has 0 aromatic heterocycles. The number of likely N-dealkylation sites (N-methyl/N-ethyl adjacent to an activating group) is 1. The molecular formula is C29H36F3N3O7. The lowest BCUT2D eigenvalue weighted by Gasteiger charge is -2.50. The van der Waals surface area contributed by atoms with Crippen LogP contribution in [0.15, 0.2) is 23.0 Å². The molecule has 1 fully saturated rings. The third kappa shape index (κ3) is 4.86. The van der Waals surface area contributed by atoms with Crippen molar-refractivity contribution in [1.29, 1.82) is 0 Å². The molecule has 0 unspecified atom stereocenters. The summed E-state index contributed by atoms with van der Waals surface area (Å²) in [4.78, 5) is 42.2. The van der Waals surface area contributed by atoms with Crippen LogP contribution in [0.3, 0.4) is 0 Å². The number of ketones is 2. The average molecular weight is 596 g/mol. The van der Waals surface area contributed by atoms with Gasteiger partial charge in [0.2, 0.25) is 5.78 Å². The van der Waals surface area contributed by atoms with Crippen LogP contribution in [0.5, 0.6) is 5.75 Å². The number of carbonyl (C=O) groups is 3. The molecule has 1 aromatic rings. The molecule has 0 aliphatic heterocycles. The number of Topliss-reactive ketones (excluding diaryl/α,β-unsaturated/α-hetero) is 2. The zero-order chi connectivity index (χ0) is 31.6. The highest BCUT2D eigenvalue weighted by Gasteiger charge is 2.64. The Kier molecular flexibility index (Phi) is 8.02. The van der Waals surface area contributed by atoms with E-state index in [9.17, 15) is 48.0 Å². The van der Waals surface area contributed by atoms with Gasteiger partial charge in [-0.2, -0.15) is 13.2 Å². The number of carbonyl (C=O) groups excluding carboxylic acids is 3. The number of phenolic OH excluding ortho intramolecular Hbond substituents is 1. The summed E-state index contributed by atoms with van der Waals surface area (Å²) in [6, 6.07) is -0.418. The minimum Gasteiger partial charge on any atom is -0.508 e. The quantitative estimate of drug-likeness (QED) is 0.298. The van der Waals surface area contributed by atoms with E-state index in [-0.39, 0.29) is 18.5 Å². The monoisotopic (exact) mass is 595 g/mol. The van der Waals surface area contributed by atoms with Gasteiger partial charge in [-0.15, -0.1) is 0 Å². The Hall–Kier alpha value is -3.42. The maximum absolute atomic E-state index is 14.6. The van der Waals surface area contributed by atoms with Crippen LogP contribution in [-0.2, 0) is 33.5 Å². The van der Waals surface area contributed by atoms with Gasteiger partial charge in [0.05, 0.1) is 17.2 Å². The van der Waals surface area contributed by atoms with Gasteiger partial charge >= 0.3 is 6.18 Å².